The summed E-state index contributed by atoms with van der Waals surface area (Å²) in [6, 6.07) is 6.60. The Morgan fingerprint density at radius 1 is 1.21 bits per heavy atom. The number of H-pyrrole nitrogens is 1. The van der Waals surface area contributed by atoms with Gasteiger partial charge in [0.2, 0.25) is 0 Å². The van der Waals surface area contributed by atoms with Crippen molar-refractivity contribution in [2.45, 2.75) is 25.0 Å². The van der Waals surface area contributed by atoms with Crippen LogP contribution >= 0.6 is 0 Å². The second-order valence-electron chi connectivity index (χ2n) is 6.69. The number of aromatic nitrogens is 7. The van der Waals surface area contributed by atoms with Gasteiger partial charge in [0, 0.05) is 35.0 Å². The lowest BCUT2D eigenvalue weighted by atomic mass is 9.79. The molecule has 0 unspecified atom stereocenters. The van der Waals surface area contributed by atoms with Gasteiger partial charge in [0.05, 0.1) is 12.7 Å². The summed E-state index contributed by atoms with van der Waals surface area (Å²) >= 11 is 0. The zero-order valence-electron chi connectivity index (χ0n) is 15.4. The molecule has 0 spiro atoms. The molecule has 0 radical (unpaired) electrons. The smallest absolute Gasteiger partial charge is 0.137 e. The van der Waals surface area contributed by atoms with E-state index in [4.69, 9.17) is 0 Å². The number of aromatic amines is 1. The van der Waals surface area contributed by atoms with Crippen molar-refractivity contribution >= 4 is 0 Å². The van der Waals surface area contributed by atoms with E-state index in [1.807, 2.05) is 0 Å². The third-order valence-electron chi connectivity index (χ3n) is 4.92. The largest absolute Gasteiger partial charge is 0.382 e. The van der Waals surface area contributed by atoms with Crippen molar-refractivity contribution in [1.29, 1.82) is 0 Å². The SMILES string of the molecule is C[C@H](c1ccc(-c2cn[nH]n2)cn1)[C@@](O)(Cn1cncn1)c1ccc(F)cc1F. The Balaban J connectivity index is 1.74. The Bertz CT molecular complexity index is 1080. The topological polar surface area (TPSA) is 105 Å². The highest BCUT2D eigenvalue weighted by Crippen LogP contribution is 2.39. The Morgan fingerprint density at radius 2 is 2.07 bits per heavy atom. The van der Waals surface area contributed by atoms with Gasteiger partial charge in [0.25, 0.3) is 0 Å². The molecule has 3 aromatic heterocycles. The molecule has 4 rings (SSSR count). The molecule has 0 saturated heterocycles. The average Bonchev–Trinajstić information content (AvgIpc) is 3.41. The van der Waals surface area contributed by atoms with E-state index in [0.29, 0.717) is 11.4 Å². The summed E-state index contributed by atoms with van der Waals surface area (Å²) in [7, 11) is 0. The summed E-state index contributed by atoms with van der Waals surface area (Å²) in [5.74, 6) is -2.23. The number of benzene rings is 1. The number of hydrogen-bond acceptors (Lipinski definition) is 6. The average molecular weight is 397 g/mol. The Hall–Kier alpha value is -3.53. The standard InChI is InChI=1S/C19H17F2N7O/c1-12(17-5-2-13(7-23-17)18-8-24-27-26-18)19(29,9-28-11-22-10-25-28)15-4-3-14(20)6-16(15)21/h2-8,10-12,29H,9H2,1H3,(H,24,26,27)/t12-,19+/m1/s1. The van der Waals surface area contributed by atoms with Crippen LogP contribution in [0.1, 0.15) is 24.1 Å². The van der Waals surface area contributed by atoms with Crippen molar-refractivity contribution in [3.8, 4) is 11.3 Å². The van der Waals surface area contributed by atoms with Crippen molar-refractivity contribution in [2.24, 2.45) is 0 Å². The van der Waals surface area contributed by atoms with E-state index in [9.17, 15) is 13.9 Å². The Labute approximate surface area is 164 Å². The molecule has 148 valence electrons. The first kappa shape index (κ1) is 18.8. The summed E-state index contributed by atoms with van der Waals surface area (Å²) in [4.78, 5) is 8.28. The van der Waals surface area contributed by atoms with Crippen molar-refractivity contribution < 1.29 is 13.9 Å². The first-order chi connectivity index (χ1) is 14.0. The van der Waals surface area contributed by atoms with Crippen LogP contribution in [0.5, 0.6) is 0 Å². The van der Waals surface area contributed by atoms with Crippen LogP contribution in [0, 0.1) is 11.6 Å². The lowest BCUT2D eigenvalue weighted by molar-refractivity contribution is -0.0123. The van der Waals surface area contributed by atoms with Gasteiger partial charge < -0.3 is 5.11 Å². The maximum absolute atomic E-state index is 14.6. The molecule has 0 aliphatic rings. The molecule has 4 aromatic rings. The lowest BCUT2D eigenvalue weighted by Crippen LogP contribution is -2.38. The van der Waals surface area contributed by atoms with Gasteiger partial charge >= 0.3 is 0 Å². The third-order valence-corrected chi connectivity index (χ3v) is 4.92. The monoisotopic (exact) mass is 397 g/mol. The van der Waals surface area contributed by atoms with Crippen LogP contribution in [-0.2, 0) is 12.1 Å². The Kier molecular flexibility index (Phi) is 4.85. The molecule has 1 aromatic carbocycles. The van der Waals surface area contributed by atoms with Gasteiger partial charge in [0.1, 0.15) is 35.6 Å². The molecule has 2 atom stereocenters. The number of pyridine rings is 1. The predicted molar refractivity (Wildman–Crippen MR) is 98.3 cm³/mol. The minimum Gasteiger partial charge on any atom is -0.382 e. The zero-order chi connectivity index (χ0) is 20.4. The second kappa shape index (κ2) is 7.47. The molecule has 2 N–H and O–H groups in total. The van der Waals surface area contributed by atoms with Crippen molar-refractivity contribution in [3.63, 3.8) is 0 Å². The minimum absolute atomic E-state index is 0.0516. The van der Waals surface area contributed by atoms with Crippen LogP contribution in [-0.4, -0.2) is 40.3 Å². The van der Waals surface area contributed by atoms with Crippen LogP contribution in [0.2, 0.25) is 0 Å². The van der Waals surface area contributed by atoms with E-state index in [-0.39, 0.29) is 12.1 Å². The van der Waals surface area contributed by atoms with Crippen LogP contribution in [0.4, 0.5) is 8.78 Å². The van der Waals surface area contributed by atoms with Gasteiger partial charge in [-0.15, -0.1) is 0 Å². The Morgan fingerprint density at radius 3 is 2.69 bits per heavy atom. The predicted octanol–water partition coefficient (Wildman–Crippen LogP) is 2.43. The molecular weight excluding hydrogens is 380 g/mol. The molecule has 0 aliphatic heterocycles. The van der Waals surface area contributed by atoms with Gasteiger partial charge in [0.15, 0.2) is 0 Å². The van der Waals surface area contributed by atoms with Gasteiger partial charge in [-0.3, -0.25) is 4.98 Å². The summed E-state index contributed by atoms with van der Waals surface area (Å²) in [6.45, 7) is 1.63. The van der Waals surface area contributed by atoms with Crippen LogP contribution in [0.3, 0.4) is 0 Å². The number of nitrogens with one attached hydrogen (secondary N) is 1. The van der Waals surface area contributed by atoms with E-state index in [1.54, 1.807) is 31.5 Å². The van der Waals surface area contributed by atoms with E-state index < -0.39 is 23.2 Å². The maximum Gasteiger partial charge on any atom is 0.137 e. The van der Waals surface area contributed by atoms with E-state index >= 15 is 0 Å². The highest BCUT2D eigenvalue weighted by molar-refractivity contribution is 5.56. The van der Waals surface area contributed by atoms with E-state index in [0.717, 1.165) is 17.7 Å². The fraction of sp³-hybridized carbons (Fsp3) is 0.211. The number of halogens is 2. The number of hydrogen-bond donors (Lipinski definition) is 2. The molecular formula is C19H17F2N7O. The number of rotatable bonds is 6. The number of aliphatic hydroxyl groups is 1. The molecule has 8 nitrogen and oxygen atoms in total. The highest BCUT2D eigenvalue weighted by Gasteiger charge is 2.40. The summed E-state index contributed by atoms with van der Waals surface area (Å²) < 4.78 is 29.4. The maximum atomic E-state index is 14.6. The second-order valence-corrected chi connectivity index (χ2v) is 6.69. The molecule has 3 heterocycles. The van der Waals surface area contributed by atoms with Gasteiger partial charge in [-0.1, -0.05) is 13.0 Å². The van der Waals surface area contributed by atoms with Crippen molar-refractivity contribution in [1.82, 2.24) is 35.2 Å². The van der Waals surface area contributed by atoms with Crippen molar-refractivity contribution in [3.05, 3.63) is 78.3 Å². The number of nitrogens with zero attached hydrogens (tertiary/aromatic N) is 6. The molecule has 0 aliphatic carbocycles. The van der Waals surface area contributed by atoms with Gasteiger partial charge in [-0.2, -0.15) is 20.5 Å². The first-order valence-corrected chi connectivity index (χ1v) is 8.80. The fourth-order valence-corrected chi connectivity index (χ4v) is 3.26. The molecule has 29 heavy (non-hydrogen) atoms. The first-order valence-electron chi connectivity index (χ1n) is 8.80. The van der Waals surface area contributed by atoms with Gasteiger partial charge in [-0.05, 0) is 18.2 Å². The van der Waals surface area contributed by atoms with Crippen LogP contribution in [0.25, 0.3) is 11.3 Å². The lowest BCUT2D eigenvalue weighted by Gasteiger charge is -2.34. The summed E-state index contributed by atoms with van der Waals surface area (Å²) in [5.41, 5.74) is 0.0722. The zero-order valence-corrected chi connectivity index (χ0v) is 15.4. The molecule has 0 bridgehead atoms. The van der Waals surface area contributed by atoms with Crippen molar-refractivity contribution in [2.75, 3.05) is 0 Å². The normalized spacial score (nSPS) is 14.5. The van der Waals surface area contributed by atoms with E-state index in [1.165, 1.54) is 23.4 Å². The summed E-state index contributed by atoms with van der Waals surface area (Å²) in [5, 5.41) is 25.9. The van der Waals surface area contributed by atoms with Gasteiger partial charge in [-0.25, -0.2) is 18.4 Å². The van der Waals surface area contributed by atoms with Crippen LogP contribution in [0.15, 0.2) is 55.4 Å². The molecule has 0 amide bonds. The quantitative estimate of drug-likeness (QED) is 0.518. The van der Waals surface area contributed by atoms with Crippen LogP contribution < -0.4 is 0 Å². The molecule has 0 saturated carbocycles. The highest BCUT2D eigenvalue weighted by atomic mass is 19.1. The van der Waals surface area contributed by atoms with E-state index in [2.05, 4.69) is 30.5 Å². The third kappa shape index (κ3) is 3.61. The summed E-state index contributed by atoms with van der Waals surface area (Å²) in [6.07, 6.45) is 5.90. The molecule has 10 heteroatoms. The fourth-order valence-electron chi connectivity index (χ4n) is 3.26. The minimum atomic E-state index is -1.76. The molecule has 0 fully saturated rings.